The minimum absolute atomic E-state index is 0.145. The molecular formula is C13H17FN2O2S. The van der Waals surface area contributed by atoms with Gasteiger partial charge in [0.25, 0.3) is 0 Å². The molecule has 1 aliphatic heterocycles. The van der Waals surface area contributed by atoms with E-state index in [0.29, 0.717) is 26.2 Å². The van der Waals surface area contributed by atoms with Crippen LogP contribution in [0.5, 0.6) is 0 Å². The molecule has 1 heterocycles. The highest BCUT2D eigenvalue weighted by molar-refractivity contribution is 7.89. The largest absolute Gasteiger partial charge is 0.297 e. The third-order valence-electron chi connectivity index (χ3n) is 3.17. The molecule has 0 spiro atoms. The van der Waals surface area contributed by atoms with E-state index in [1.165, 1.54) is 28.6 Å². The summed E-state index contributed by atoms with van der Waals surface area (Å²) in [5.41, 5.74) is 0. The predicted octanol–water partition coefficient (Wildman–Crippen LogP) is 1.32. The van der Waals surface area contributed by atoms with E-state index in [2.05, 4.69) is 11.5 Å². The van der Waals surface area contributed by atoms with E-state index < -0.39 is 15.8 Å². The van der Waals surface area contributed by atoms with Crippen LogP contribution in [-0.4, -0.2) is 50.3 Å². The van der Waals surface area contributed by atoms with Crippen LogP contribution in [0.3, 0.4) is 0 Å². The zero-order valence-corrected chi connectivity index (χ0v) is 11.4. The fourth-order valence-electron chi connectivity index (χ4n) is 2.09. The summed E-state index contributed by atoms with van der Waals surface area (Å²) in [4.78, 5) is 2.29. The second-order valence-corrected chi connectivity index (χ2v) is 6.39. The monoisotopic (exact) mass is 284 g/mol. The average molecular weight is 284 g/mol. The lowest BCUT2D eigenvalue weighted by Gasteiger charge is -2.33. The maximum Gasteiger partial charge on any atom is 0.243 e. The molecule has 1 saturated heterocycles. The number of piperazine rings is 1. The number of hydrogen-bond acceptors (Lipinski definition) is 3. The lowest BCUT2D eigenvalue weighted by molar-refractivity contribution is 0.204. The molecule has 0 radical (unpaired) electrons. The van der Waals surface area contributed by atoms with Crippen molar-refractivity contribution in [1.29, 1.82) is 0 Å². The standard InChI is InChI=1S/C13H17FN2O2S/c1-2-7-15-8-10-16(11-9-15)19(17,18)13-5-3-12(14)4-6-13/h2-6H,1,7-11H2. The van der Waals surface area contributed by atoms with Gasteiger partial charge in [0.1, 0.15) is 5.82 Å². The van der Waals surface area contributed by atoms with Gasteiger partial charge >= 0.3 is 0 Å². The molecule has 0 aromatic heterocycles. The zero-order chi connectivity index (χ0) is 13.9. The number of sulfonamides is 1. The highest BCUT2D eigenvalue weighted by atomic mass is 32.2. The topological polar surface area (TPSA) is 40.6 Å². The smallest absolute Gasteiger partial charge is 0.243 e. The van der Waals surface area contributed by atoms with Gasteiger partial charge in [-0.05, 0) is 24.3 Å². The van der Waals surface area contributed by atoms with E-state index in [1.807, 2.05) is 6.08 Å². The van der Waals surface area contributed by atoms with Crippen LogP contribution in [0.2, 0.25) is 0 Å². The maximum absolute atomic E-state index is 12.8. The summed E-state index contributed by atoms with van der Waals surface area (Å²) < 4.78 is 38.9. The van der Waals surface area contributed by atoms with E-state index in [9.17, 15) is 12.8 Å². The van der Waals surface area contributed by atoms with Gasteiger partial charge in [0.2, 0.25) is 10.0 Å². The van der Waals surface area contributed by atoms with Gasteiger partial charge in [0.15, 0.2) is 0 Å². The Labute approximate surface area is 113 Å². The summed E-state index contributed by atoms with van der Waals surface area (Å²) in [5.74, 6) is -0.435. The molecule has 0 bridgehead atoms. The number of benzene rings is 1. The van der Waals surface area contributed by atoms with Gasteiger partial charge in [-0.15, -0.1) is 6.58 Å². The second kappa shape index (κ2) is 5.81. The second-order valence-electron chi connectivity index (χ2n) is 4.45. The van der Waals surface area contributed by atoms with E-state index in [1.54, 1.807) is 0 Å². The Morgan fingerprint density at radius 1 is 1.16 bits per heavy atom. The fourth-order valence-corrected chi connectivity index (χ4v) is 3.51. The van der Waals surface area contributed by atoms with Crippen LogP contribution in [0.1, 0.15) is 0 Å². The molecule has 6 heteroatoms. The first kappa shape index (κ1) is 14.2. The van der Waals surface area contributed by atoms with Gasteiger partial charge in [-0.2, -0.15) is 4.31 Å². The van der Waals surface area contributed by atoms with Crippen LogP contribution in [0, 0.1) is 5.82 Å². The van der Waals surface area contributed by atoms with E-state index in [4.69, 9.17) is 0 Å². The first-order valence-electron chi connectivity index (χ1n) is 6.13. The number of rotatable bonds is 4. The van der Waals surface area contributed by atoms with Crippen molar-refractivity contribution in [2.24, 2.45) is 0 Å². The van der Waals surface area contributed by atoms with Gasteiger partial charge in [0, 0.05) is 32.7 Å². The van der Waals surface area contributed by atoms with Crippen molar-refractivity contribution in [3.05, 3.63) is 42.7 Å². The van der Waals surface area contributed by atoms with Gasteiger partial charge in [0.05, 0.1) is 4.90 Å². The zero-order valence-electron chi connectivity index (χ0n) is 10.6. The summed E-state index contributed by atoms with van der Waals surface area (Å²) >= 11 is 0. The Kier molecular flexibility index (Phi) is 4.34. The van der Waals surface area contributed by atoms with E-state index in [0.717, 1.165) is 6.54 Å². The molecule has 1 aliphatic rings. The van der Waals surface area contributed by atoms with Gasteiger partial charge < -0.3 is 0 Å². The molecular weight excluding hydrogens is 267 g/mol. The quantitative estimate of drug-likeness (QED) is 0.783. The van der Waals surface area contributed by atoms with E-state index in [-0.39, 0.29) is 4.90 Å². The Morgan fingerprint density at radius 2 is 1.74 bits per heavy atom. The van der Waals surface area contributed by atoms with Crippen LogP contribution in [0.15, 0.2) is 41.8 Å². The van der Waals surface area contributed by atoms with Crippen LogP contribution in [0.25, 0.3) is 0 Å². The van der Waals surface area contributed by atoms with Crippen molar-refractivity contribution in [2.75, 3.05) is 32.7 Å². The minimum atomic E-state index is -3.50. The first-order chi connectivity index (χ1) is 9.04. The van der Waals surface area contributed by atoms with E-state index >= 15 is 0 Å². The fraction of sp³-hybridized carbons (Fsp3) is 0.385. The third kappa shape index (κ3) is 3.20. The molecule has 0 amide bonds. The lowest BCUT2D eigenvalue weighted by Crippen LogP contribution is -2.48. The van der Waals surface area contributed by atoms with Crippen molar-refractivity contribution >= 4 is 10.0 Å². The Hall–Kier alpha value is -1.24. The average Bonchev–Trinajstić information content (AvgIpc) is 2.40. The van der Waals surface area contributed by atoms with Crippen molar-refractivity contribution in [2.45, 2.75) is 4.90 Å². The van der Waals surface area contributed by atoms with Crippen molar-refractivity contribution in [3.8, 4) is 0 Å². The molecule has 1 aromatic rings. The highest BCUT2D eigenvalue weighted by Crippen LogP contribution is 2.17. The SMILES string of the molecule is C=CCN1CCN(S(=O)(=O)c2ccc(F)cc2)CC1. The molecule has 4 nitrogen and oxygen atoms in total. The summed E-state index contributed by atoms with van der Waals surface area (Å²) in [6.07, 6.45) is 1.81. The van der Waals surface area contributed by atoms with Crippen molar-refractivity contribution in [1.82, 2.24) is 9.21 Å². The lowest BCUT2D eigenvalue weighted by atomic mass is 10.3. The van der Waals surface area contributed by atoms with Crippen LogP contribution in [0.4, 0.5) is 4.39 Å². The van der Waals surface area contributed by atoms with Crippen LogP contribution in [-0.2, 0) is 10.0 Å². The van der Waals surface area contributed by atoms with Crippen molar-refractivity contribution in [3.63, 3.8) is 0 Å². The number of halogens is 1. The summed E-state index contributed by atoms with van der Waals surface area (Å²) in [7, 11) is -3.50. The molecule has 2 rings (SSSR count). The van der Waals surface area contributed by atoms with Gasteiger partial charge in [-0.25, -0.2) is 12.8 Å². The Balaban J connectivity index is 2.09. The summed E-state index contributed by atoms with van der Waals surface area (Å²) in [6, 6.07) is 4.95. The molecule has 0 unspecified atom stereocenters. The molecule has 0 aliphatic carbocycles. The summed E-state index contributed by atoms with van der Waals surface area (Å²) in [5, 5.41) is 0. The molecule has 0 N–H and O–H groups in total. The van der Waals surface area contributed by atoms with Gasteiger partial charge in [-0.3, -0.25) is 4.90 Å². The summed E-state index contributed by atoms with van der Waals surface area (Å²) in [6.45, 7) is 6.72. The molecule has 104 valence electrons. The Morgan fingerprint density at radius 3 is 2.26 bits per heavy atom. The molecule has 0 atom stereocenters. The minimum Gasteiger partial charge on any atom is -0.297 e. The molecule has 1 aromatic carbocycles. The predicted molar refractivity (Wildman–Crippen MR) is 71.8 cm³/mol. The van der Waals surface area contributed by atoms with Crippen molar-refractivity contribution < 1.29 is 12.8 Å². The van der Waals surface area contributed by atoms with Gasteiger partial charge in [-0.1, -0.05) is 6.08 Å². The van der Waals surface area contributed by atoms with Crippen LogP contribution < -0.4 is 0 Å². The normalized spacial score (nSPS) is 18.4. The van der Waals surface area contributed by atoms with Crippen LogP contribution >= 0.6 is 0 Å². The number of hydrogen-bond donors (Lipinski definition) is 0. The molecule has 19 heavy (non-hydrogen) atoms. The maximum atomic E-state index is 12.8. The third-order valence-corrected chi connectivity index (χ3v) is 5.08. The Bertz CT molecular complexity index is 534. The molecule has 1 fully saturated rings. The first-order valence-corrected chi connectivity index (χ1v) is 7.57. The molecule has 0 saturated carbocycles. The number of nitrogens with zero attached hydrogens (tertiary/aromatic N) is 2. The highest BCUT2D eigenvalue weighted by Gasteiger charge is 2.27.